The van der Waals surface area contributed by atoms with Crippen LogP contribution in [0.25, 0.3) is 0 Å². The quantitative estimate of drug-likeness (QED) is 0.916. The van der Waals surface area contributed by atoms with Crippen molar-refractivity contribution in [3.63, 3.8) is 0 Å². The molecule has 4 rings (SSSR count). The second-order valence-corrected chi connectivity index (χ2v) is 7.47. The smallest absolute Gasteiger partial charge is 0.335 e. The number of hydrogen-bond acceptors (Lipinski definition) is 2. The minimum Gasteiger partial charge on any atom is -0.478 e. The third-order valence-corrected chi connectivity index (χ3v) is 6.12. The van der Waals surface area contributed by atoms with Gasteiger partial charge in [-0.2, -0.15) is 0 Å². The van der Waals surface area contributed by atoms with Gasteiger partial charge in [-0.15, -0.1) is 0 Å². The summed E-state index contributed by atoms with van der Waals surface area (Å²) < 4.78 is 0. The first-order chi connectivity index (χ1) is 12.1. The monoisotopic (exact) mass is 334 g/mol. The Labute approximate surface area is 147 Å². The van der Waals surface area contributed by atoms with Crippen molar-refractivity contribution in [2.75, 3.05) is 0 Å². The van der Waals surface area contributed by atoms with Gasteiger partial charge in [0.1, 0.15) is 5.78 Å². The van der Waals surface area contributed by atoms with E-state index in [1.54, 1.807) is 6.07 Å². The lowest BCUT2D eigenvalue weighted by molar-refractivity contribution is -0.123. The highest BCUT2D eigenvalue weighted by molar-refractivity contribution is 5.88. The van der Waals surface area contributed by atoms with E-state index in [4.69, 9.17) is 0 Å². The van der Waals surface area contributed by atoms with E-state index in [9.17, 15) is 14.7 Å². The lowest BCUT2D eigenvalue weighted by Crippen LogP contribution is -2.46. The molecule has 0 bridgehead atoms. The summed E-state index contributed by atoms with van der Waals surface area (Å²) in [7, 11) is 0. The second-order valence-electron chi connectivity index (χ2n) is 7.47. The van der Waals surface area contributed by atoms with Gasteiger partial charge >= 0.3 is 5.97 Å². The van der Waals surface area contributed by atoms with E-state index in [1.807, 2.05) is 18.2 Å². The average molecular weight is 334 g/mol. The molecule has 1 fully saturated rings. The average Bonchev–Trinajstić information content (AvgIpc) is 2.62. The Kier molecular flexibility index (Phi) is 3.95. The number of Topliss-reactive ketones (excluding diaryl/α,β-unsaturated/α-hetero) is 1. The van der Waals surface area contributed by atoms with Crippen LogP contribution in [0.5, 0.6) is 0 Å². The van der Waals surface area contributed by atoms with Gasteiger partial charge in [0.25, 0.3) is 0 Å². The van der Waals surface area contributed by atoms with Crippen LogP contribution in [0.1, 0.15) is 52.7 Å². The molecule has 2 atom stereocenters. The molecule has 0 heterocycles. The fourth-order valence-corrected chi connectivity index (χ4v) is 4.91. The number of aryl methyl sites for hydroxylation is 1. The number of hydrogen-bond donors (Lipinski definition) is 1. The van der Waals surface area contributed by atoms with Crippen LogP contribution in [0.2, 0.25) is 0 Å². The number of rotatable bonds is 3. The standard InChI is InChI=1S/C22H22O3/c23-19-10-11-22(14-15-4-2-1-3-5-15)18(13-19)8-6-16-12-17(21(24)25)7-9-20(16)22/h1-5,7,9,12,18H,6,8,10-11,13-14H2,(H,24,25)/t18-,22+/m1/s1. The Morgan fingerprint density at radius 3 is 2.68 bits per heavy atom. The van der Waals surface area contributed by atoms with Gasteiger partial charge in [0, 0.05) is 18.3 Å². The van der Waals surface area contributed by atoms with Crippen LogP contribution in [0, 0.1) is 5.92 Å². The Balaban J connectivity index is 1.81. The maximum atomic E-state index is 12.1. The van der Waals surface area contributed by atoms with Gasteiger partial charge in [0.15, 0.2) is 0 Å². The van der Waals surface area contributed by atoms with Crippen molar-refractivity contribution in [1.82, 2.24) is 0 Å². The maximum absolute atomic E-state index is 12.1. The number of carboxylic acid groups (broad SMARTS) is 1. The molecule has 3 heteroatoms. The number of benzene rings is 2. The molecule has 1 saturated carbocycles. The molecule has 0 radical (unpaired) electrons. The van der Waals surface area contributed by atoms with E-state index in [-0.39, 0.29) is 5.41 Å². The summed E-state index contributed by atoms with van der Waals surface area (Å²) in [6.07, 6.45) is 4.91. The molecule has 128 valence electrons. The van der Waals surface area contributed by atoms with Crippen molar-refractivity contribution >= 4 is 11.8 Å². The first-order valence-corrected chi connectivity index (χ1v) is 9.01. The third-order valence-electron chi connectivity index (χ3n) is 6.12. The van der Waals surface area contributed by atoms with E-state index < -0.39 is 5.97 Å². The fourth-order valence-electron chi connectivity index (χ4n) is 4.91. The summed E-state index contributed by atoms with van der Waals surface area (Å²) in [4.78, 5) is 23.4. The van der Waals surface area contributed by atoms with Gasteiger partial charge in [-0.05, 0) is 60.4 Å². The van der Waals surface area contributed by atoms with Crippen molar-refractivity contribution in [2.45, 2.75) is 43.9 Å². The minimum absolute atomic E-state index is 0.0418. The van der Waals surface area contributed by atoms with Crippen LogP contribution in [0.15, 0.2) is 48.5 Å². The molecule has 2 aliphatic carbocycles. The van der Waals surface area contributed by atoms with Crippen LogP contribution < -0.4 is 0 Å². The largest absolute Gasteiger partial charge is 0.478 e. The third kappa shape index (κ3) is 2.78. The number of aromatic carboxylic acids is 1. The number of carbonyl (C=O) groups is 2. The highest BCUT2D eigenvalue weighted by Crippen LogP contribution is 2.51. The van der Waals surface area contributed by atoms with Gasteiger partial charge in [-0.1, -0.05) is 36.4 Å². The van der Waals surface area contributed by atoms with Crippen molar-refractivity contribution in [1.29, 1.82) is 0 Å². The number of fused-ring (bicyclic) bond motifs is 3. The summed E-state index contributed by atoms with van der Waals surface area (Å²) in [5, 5.41) is 9.31. The van der Waals surface area contributed by atoms with Gasteiger partial charge < -0.3 is 5.11 Å². The molecular formula is C22H22O3. The van der Waals surface area contributed by atoms with Gasteiger partial charge in [-0.25, -0.2) is 4.79 Å². The summed E-state index contributed by atoms with van der Waals surface area (Å²) in [6, 6.07) is 16.0. The molecule has 0 amide bonds. The number of ketones is 1. The van der Waals surface area contributed by atoms with Gasteiger partial charge in [0.2, 0.25) is 0 Å². The molecule has 2 aliphatic rings. The van der Waals surface area contributed by atoms with E-state index in [2.05, 4.69) is 24.3 Å². The molecule has 2 aromatic carbocycles. The summed E-state index contributed by atoms with van der Waals surface area (Å²) >= 11 is 0. The first kappa shape index (κ1) is 16.1. The summed E-state index contributed by atoms with van der Waals surface area (Å²) in [6.45, 7) is 0. The second kappa shape index (κ2) is 6.14. The lowest BCUT2D eigenvalue weighted by Gasteiger charge is -2.48. The van der Waals surface area contributed by atoms with Crippen LogP contribution >= 0.6 is 0 Å². The van der Waals surface area contributed by atoms with Gasteiger partial charge in [-0.3, -0.25) is 4.79 Å². The summed E-state index contributed by atoms with van der Waals surface area (Å²) in [5.41, 5.74) is 4.03. The molecular weight excluding hydrogens is 312 g/mol. The number of carboxylic acids is 1. The zero-order valence-corrected chi connectivity index (χ0v) is 14.2. The fraction of sp³-hybridized carbons (Fsp3) is 0.364. The molecule has 0 aliphatic heterocycles. The maximum Gasteiger partial charge on any atom is 0.335 e. The van der Waals surface area contributed by atoms with Gasteiger partial charge in [0.05, 0.1) is 5.56 Å². The molecule has 0 aromatic heterocycles. The highest BCUT2D eigenvalue weighted by atomic mass is 16.4. The predicted molar refractivity (Wildman–Crippen MR) is 95.9 cm³/mol. The minimum atomic E-state index is -0.874. The molecule has 2 aromatic rings. The Morgan fingerprint density at radius 2 is 1.92 bits per heavy atom. The molecule has 3 nitrogen and oxygen atoms in total. The van der Waals surface area contributed by atoms with Crippen LogP contribution in [-0.4, -0.2) is 16.9 Å². The van der Waals surface area contributed by atoms with E-state index in [1.165, 1.54) is 11.1 Å². The Morgan fingerprint density at radius 1 is 1.12 bits per heavy atom. The SMILES string of the molecule is O=C1CC[C@@]2(Cc3ccccc3)c3ccc(C(=O)O)cc3CC[C@@H]2C1. The highest BCUT2D eigenvalue weighted by Gasteiger charge is 2.47. The zero-order valence-electron chi connectivity index (χ0n) is 14.2. The molecule has 25 heavy (non-hydrogen) atoms. The molecule has 1 N–H and O–H groups in total. The van der Waals surface area contributed by atoms with E-state index >= 15 is 0 Å². The lowest BCUT2D eigenvalue weighted by atomic mass is 9.55. The Hall–Kier alpha value is -2.42. The van der Waals surface area contributed by atoms with E-state index in [0.717, 1.165) is 31.2 Å². The van der Waals surface area contributed by atoms with Crippen molar-refractivity contribution in [3.8, 4) is 0 Å². The zero-order chi connectivity index (χ0) is 17.4. The normalized spacial score (nSPS) is 25.1. The molecule has 0 saturated heterocycles. The van der Waals surface area contributed by atoms with Crippen LogP contribution in [0.3, 0.4) is 0 Å². The van der Waals surface area contributed by atoms with Crippen molar-refractivity contribution in [2.24, 2.45) is 5.92 Å². The van der Waals surface area contributed by atoms with E-state index in [0.29, 0.717) is 30.1 Å². The number of carbonyl (C=O) groups excluding carboxylic acids is 1. The predicted octanol–water partition coefficient (Wildman–Crippen LogP) is 4.18. The summed E-state index contributed by atoms with van der Waals surface area (Å²) in [5.74, 6) is -0.141. The van der Waals surface area contributed by atoms with Crippen molar-refractivity contribution in [3.05, 3.63) is 70.8 Å². The molecule has 0 unspecified atom stereocenters. The van der Waals surface area contributed by atoms with Crippen molar-refractivity contribution < 1.29 is 14.7 Å². The Bertz CT molecular complexity index is 824. The topological polar surface area (TPSA) is 54.4 Å². The first-order valence-electron chi connectivity index (χ1n) is 9.01. The van der Waals surface area contributed by atoms with Crippen LogP contribution in [0.4, 0.5) is 0 Å². The molecule has 0 spiro atoms. The van der Waals surface area contributed by atoms with Crippen LogP contribution in [-0.2, 0) is 23.1 Å².